The van der Waals surface area contributed by atoms with Crippen LogP contribution in [0.5, 0.6) is 11.5 Å². The molecule has 3 rings (SSSR count). The van der Waals surface area contributed by atoms with E-state index < -0.39 is 11.6 Å². The van der Waals surface area contributed by atoms with Gasteiger partial charge in [-0.05, 0) is 63.8 Å². The van der Waals surface area contributed by atoms with Crippen LogP contribution in [0.25, 0.3) is 11.1 Å². The minimum atomic E-state index is -0.925. The molecule has 1 aliphatic rings. The zero-order valence-corrected chi connectivity index (χ0v) is 18.7. The first kappa shape index (κ1) is 21.9. The van der Waals surface area contributed by atoms with Crippen molar-refractivity contribution in [2.75, 3.05) is 6.61 Å². The summed E-state index contributed by atoms with van der Waals surface area (Å²) in [7, 11) is 0. The number of ether oxygens (including phenoxy) is 2. The standard InChI is InChI=1S/C24H32N2O4/c1-15(2)9-18(26(23(27)28)24(4,5)6)14-29-19-7-8-20-21-10-16(3)25-12-17(21)13-30-22(20)11-19/h7-8,10-12,15,18H,9,13-14H2,1-6H3,(H,27,28)/t18-/m0/s1. The van der Waals surface area contributed by atoms with E-state index in [0.29, 0.717) is 24.9 Å². The molecule has 0 saturated carbocycles. The van der Waals surface area contributed by atoms with E-state index in [9.17, 15) is 9.90 Å². The summed E-state index contributed by atoms with van der Waals surface area (Å²) in [5.41, 5.74) is 3.69. The van der Waals surface area contributed by atoms with Crippen molar-refractivity contribution in [2.24, 2.45) is 5.92 Å². The van der Waals surface area contributed by atoms with Crippen LogP contribution in [0.3, 0.4) is 0 Å². The van der Waals surface area contributed by atoms with Crippen LogP contribution in [-0.4, -0.2) is 39.3 Å². The molecule has 6 heteroatoms. The maximum absolute atomic E-state index is 12.0. The van der Waals surface area contributed by atoms with Gasteiger partial charge < -0.3 is 14.6 Å². The Labute approximate surface area is 178 Å². The number of aromatic nitrogens is 1. The summed E-state index contributed by atoms with van der Waals surface area (Å²) in [4.78, 5) is 17.8. The quantitative estimate of drug-likeness (QED) is 0.676. The zero-order chi connectivity index (χ0) is 22.1. The normalized spacial score (nSPS) is 13.8. The molecule has 6 nitrogen and oxygen atoms in total. The van der Waals surface area contributed by atoms with Crippen molar-refractivity contribution in [3.05, 3.63) is 41.7 Å². The Kier molecular flexibility index (Phi) is 6.25. The summed E-state index contributed by atoms with van der Waals surface area (Å²) in [6.07, 6.45) is 1.66. The Bertz CT molecular complexity index is 918. The number of aryl methyl sites for hydroxylation is 1. The number of nitrogens with zero attached hydrogens (tertiary/aromatic N) is 2. The van der Waals surface area contributed by atoms with Gasteiger partial charge in [-0.15, -0.1) is 0 Å². The van der Waals surface area contributed by atoms with Crippen molar-refractivity contribution in [3.8, 4) is 22.6 Å². The fourth-order valence-electron chi connectivity index (χ4n) is 4.02. The SMILES string of the molecule is Cc1cc2c(cn1)COc1cc(OC[C@H](CC(C)C)N(C(=O)O)C(C)(C)C)ccc1-2. The van der Waals surface area contributed by atoms with E-state index in [1.54, 1.807) is 0 Å². The summed E-state index contributed by atoms with van der Waals surface area (Å²) in [5, 5.41) is 9.81. The van der Waals surface area contributed by atoms with Crippen LogP contribution < -0.4 is 9.47 Å². The second-order valence-electron chi connectivity index (χ2n) is 9.35. The molecule has 0 bridgehead atoms. The van der Waals surface area contributed by atoms with E-state index >= 15 is 0 Å². The molecule has 1 aromatic carbocycles. The van der Waals surface area contributed by atoms with Gasteiger partial charge in [0.2, 0.25) is 0 Å². The van der Waals surface area contributed by atoms with Crippen molar-refractivity contribution in [2.45, 2.75) is 66.2 Å². The van der Waals surface area contributed by atoms with Crippen LogP contribution in [0.1, 0.15) is 52.3 Å². The third-order valence-electron chi connectivity index (χ3n) is 5.23. The van der Waals surface area contributed by atoms with Crippen LogP contribution >= 0.6 is 0 Å². The molecule has 2 aromatic rings. The van der Waals surface area contributed by atoms with Crippen molar-refractivity contribution >= 4 is 6.09 Å². The Morgan fingerprint density at radius 2 is 2.00 bits per heavy atom. The molecule has 0 spiro atoms. The van der Waals surface area contributed by atoms with Crippen LogP contribution in [0.2, 0.25) is 0 Å². The molecule has 0 fully saturated rings. The van der Waals surface area contributed by atoms with Gasteiger partial charge in [-0.3, -0.25) is 9.88 Å². The molecule has 162 valence electrons. The Hall–Kier alpha value is -2.76. The Morgan fingerprint density at radius 1 is 1.27 bits per heavy atom. The molecule has 1 atom stereocenters. The monoisotopic (exact) mass is 412 g/mol. The second kappa shape index (κ2) is 8.54. The number of carbonyl (C=O) groups is 1. The average molecular weight is 413 g/mol. The van der Waals surface area contributed by atoms with Gasteiger partial charge in [0.15, 0.2) is 0 Å². The fraction of sp³-hybridized carbons (Fsp3) is 0.500. The lowest BCUT2D eigenvalue weighted by Crippen LogP contribution is -2.53. The third-order valence-corrected chi connectivity index (χ3v) is 5.23. The Balaban J connectivity index is 1.81. The number of pyridine rings is 1. The van der Waals surface area contributed by atoms with E-state index in [1.165, 1.54) is 4.90 Å². The average Bonchev–Trinajstić information content (AvgIpc) is 2.63. The summed E-state index contributed by atoms with van der Waals surface area (Å²) < 4.78 is 12.0. The smallest absolute Gasteiger partial charge is 0.408 e. The molecule has 2 heterocycles. The second-order valence-corrected chi connectivity index (χ2v) is 9.35. The van der Waals surface area contributed by atoms with E-state index in [4.69, 9.17) is 9.47 Å². The first-order chi connectivity index (χ1) is 14.1. The first-order valence-electron chi connectivity index (χ1n) is 10.4. The van der Waals surface area contributed by atoms with Crippen molar-refractivity contribution < 1.29 is 19.4 Å². The van der Waals surface area contributed by atoms with Gasteiger partial charge in [0.05, 0.1) is 6.04 Å². The predicted octanol–water partition coefficient (Wildman–Crippen LogP) is 5.52. The number of carboxylic acid groups (broad SMARTS) is 1. The van der Waals surface area contributed by atoms with Gasteiger partial charge in [-0.2, -0.15) is 0 Å². The molecular formula is C24H32N2O4. The third kappa shape index (κ3) is 4.86. The topological polar surface area (TPSA) is 71.9 Å². The molecule has 1 amide bonds. The number of hydrogen-bond acceptors (Lipinski definition) is 4. The molecule has 0 unspecified atom stereocenters. The minimum Gasteiger partial charge on any atom is -0.491 e. The molecule has 30 heavy (non-hydrogen) atoms. The van der Waals surface area contributed by atoms with Gasteiger partial charge >= 0.3 is 6.09 Å². The number of fused-ring (bicyclic) bond motifs is 3. The van der Waals surface area contributed by atoms with Gasteiger partial charge in [0, 0.05) is 34.6 Å². The number of amides is 1. The van der Waals surface area contributed by atoms with Crippen molar-refractivity contribution in [1.29, 1.82) is 0 Å². The summed E-state index contributed by atoms with van der Waals surface area (Å²) in [6, 6.07) is 7.64. The van der Waals surface area contributed by atoms with Gasteiger partial charge in [0.25, 0.3) is 0 Å². The Morgan fingerprint density at radius 3 is 2.63 bits per heavy atom. The number of benzene rings is 1. The van der Waals surface area contributed by atoms with Crippen LogP contribution in [0, 0.1) is 12.8 Å². The molecule has 1 aromatic heterocycles. The molecular weight excluding hydrogens is 380 g/mol. The van der Waals surface area contributed by atoms with E-state index in [-0.39, 0.29) is 6.04 Å². The highest BCUT2D eigenvalue weighted by Gasteiger charge is 2.34. The molecule has 1 N–H and O–H groups in total. The van der Waals surface area contributed by atoms with E-state index in [2.05, 4.69) is 24.9 Å². The molecule has 0 radical (unpaired) electrons. The fourth-order valence-corrected chi connectivity index (χ4v) is 4.02. The summed E-state index contributed by atoms with van der Waals surface area (Å²) >= 11 is 0. The van der Waals surface area contributed by atoms with Crippen LogP contribution in [0.15, 0.2) is 30.5 Å². The lowest BCUT2D eigenvalue weighted by Gasteiger charge is -2.40. The summed E-state index contributed by atoms with van der Waals surface area (Å²) in [5.74, 6) is 1.80. The van der Waals surface area contributed by atoms with Gasteiger partial charge in [-0.25, -0.2) is 4.79 Å². The first-order valence-corrected chi connectivity index (χ1v) is 10.4. The predicted molar refractivity (Wildman–Crippen MR) is 117 cm³/mol. The largest absolute Gasteiger partial charge is 0.491 e. The maximum Gasteiger partial charge on any atom is 0.408 e. The summed E-state index contributed by atoms with van der Waals surface area (Å²) in [6.45, 7) is 12.7. The van der Waals surface area contributed by atoms with E-state index in [0.717, 1.165) is 34.6 Å². The number of rotatable bonds is 6. The molecule has 1 aliphatic heterocycles. The highest BCUT2D eigenvalue weighted by Crippen LogP contribution is 2.39. The highest BCUT2D eigenvalue weighted by molar-refractivity contribution is 5.75. The highest BCUT2D eigenvalue weighted by atomic mass is 16.5. The number of hydrogen-bond donors (Lipinski definition) is 1. The van der Waals surface area contributed by atoms with Crippen LogP contribution in [0.4, 0.5) is 4.79 Å². The lowest BCUT2D eigenvalue weighted by atomic mass is 9.97. The van der Waals surface area contributed by atoms with Gasteiger partial charge in [-0.1, -0.05) is 13.8 Å². The lowest BCUT2D eigenvalue weighted by molar-refractivity contribution is 0.0433. The zero-order valence-electron chi connectivity index (χ0n) is 18.7. The molecule has 0 saturated heterocycles. The minimum absolute atomic E-state index is 0.242. The van der Waals surface area contributed by atoms with Gasteiger partial charge in [0.1, 0.15) is 24.7 Å². The van der Waals surface area contributed by atoms with Crippen LogP contribution in [-0.2, 0) is 6.61 Å². The maximum atomic E-state index is 12.0. The molecule has 0 aliphatic carbocycles. The van der Waals surface area contributed by atoms with Crippen molar-refractivity contribution in [3.63, 3.8) is 0 Å². The van der Waals surface area contributed by atoms with Crippen molar-refractivity contribution in [1.82, 2.24) is 9.88 Å². The van der Waals surface area contributed by atoms with E-state index in [1.807, 2.05) is 52.1 Å².